The lowest BCUT2D eigenvalue weighted by atomic mass is 10.2. The maximum atomic E-state index is 10.6. The van der Waals surface area contributed by atoms with Crippen molar-refractivity contribution in [1.29, 1.82) is 5.26 Å². The van der Waals surface area contributed by atoms with Crippen LogP contribution in [0.1, 0.15) is 12.5 Å². The second-order valence-electron chi connectivity index (χ2n) is 3.67. The van der Waals surface area contributed by atoms with Crippen molar-refractivity contribution in [2.75, 3.05) is 5.32 Å². The topological polar surface area (TPSA) is 110 Å². The average Bonchev–Trinajstić information content (AvgIpc) is 2.86. The SMILES string of the molecule is CCn1cc(Nc2ncc([N+](=O)[O-])cc2C#N)cn1. The number of nitriles is 1. The normalized spacial score (nSPS) is 9.89. The van der Waals surface area contributed by atoms with Crippen LogP contribution in [0.3, 0.4) is 0 Å². The van der Waals surface area contributed by atoms with Gasteiger partial charge in [-0.3, -0.25) is 14.8 Å². The van der Waals surface area contributed by atoms with E-state index in [1.807, 2.05) is 13.0 Å². The van der Waals surface area contributed by atoms with Crippen LogP contribution in [0.4, 0.5) is 17.2 Å². The van der Waals surface area contributed by atoms with Crippen molar-refractivity contribution >= 4 is 17.2 Å². The number of pyridine rings is 1. The largest absolute Gasteiger partial charge is 0.337 e. The van der Waals surface area contributed by atoms with E-state index >= 15 is 0 Å². The minimum atomic E-state index is -0.591. The Morgan fingerprint density at radius 3 is 2.95 bits per heavy atom. The number of nitro groups is 1. The molecular weight excluding hydrogens is 248 g/mol. The standard InChI is InChI=1S/C11H10N6O2/c1-2-16-7-9(5-14-16)15-11-8(4-12)3-10(6-13-11)17(18)19/h3,5-7H,2H2,1H3,(H,13,15). The molecule has 0 saturated carbocycles. The summed E-state index contributed by atoms with van der Waals surface area (Å²) in [5, 5.41) is 26.6. The highest BCUT2D eigenvalue weighted by atomic mass is 16.6. The first kappa shape index (κ1) is 12.5. The maximum Gasteiger partial charge on any atom is 0.289 e. The fraction of sp³-hybridized carbons (Fsp3) is 0.182. The molecule has 8 nitrogen and oxygen atoms in total. The summed E-state index contributed by atoms with van der Waals surface area (Å²) in [5.41, 5.74) is 0.560. The first-order valence-electron chi connectivity index (χ1n) is 5.48. The number of hydrogen-bond donors (Lipinski definition) is 1. The lowest BCUT2D eigenvalue weighted by molar-refractivity contribution is -0.385. The molecule has 2 rings (SSSR count). The van der Waals surface area contributed by atoms with Gasteiger partial charge in [-0.15, -0.1) is 0 Å². The van der Waals surface area contributed by atoms with Crippen molar-refractivity contribution in [2.45, 2.75) is 13.5 Å². The van der Waals surface area contributed by atoms with Crippen LogP contribution in [0.25, 0.3) is 0 Å². The van der Waals surface area contributed by atoms with Gasteiger partial charge in [0, 0.05) is 18.8 Å². The Morgan fingerprint density at radius 2 is 2.37 bits per heavy atom. The number of rotatable bonds is 4. The number of nitrogens with zero attached hydrogens (tertiary/aromatic N) is 5. The zero-order valence-electron chi connectivity index (χ0n) is 10.1. The molecule has 2 aromatic heterocycles. The maximum absolute atomic E-state index is 10.6. The zero-order chi connectivity index (χ0) is 13.8. The lowest BCUT2D eigenvalue weighted by Gasteiger charge is -2.03. The minimum Gasteiger partial charge on any atom is -0.337 e. The third-order valence-corrected chi connectivity index (χ3v) is 2.42. The molecule has 2 heterocycles. The molecule has 19 heavy (non-hydrogen) atoms. The Balaban J connectivity index is 2.30. The summed E-state index contributed by atoms with van der Waals surface area (Å²) in [6.45, 7) is 2.67. The Morgan fingerprint density at radius 1 is 1.58 bits per heavy atom. The average molecular weight is 258 g/mol. The van der Waals surface area contributed by atoms with E-state index in [2.05, 4.69) is 15.4 Å². The van der Waals surface area contributed by atoms with Gasteiger partial charge in [-0.1, -0.05) is 0 Å². The highest BCUT2D eigenvalue weighted by molar-refractivity contribution is 5.63. The van der Waals surface area contributed by atoms with Gasteiger partial charge in [0.05, 0.1) is 16.8 Å². The molecule has 0 bridgehead atoms. The van der Waals surface area contributed by atoms with Gasteiger partial charge in [0.2, 0.25) is 0 Å². The molecule has 0 aliphatic carbocycles. The number of aryl methyl sites for hydroxylation is 1. The Labute approximate surface area is 108 Å². The summed E-state index contributed by atoms with van der Waals surface area (Å²) in [6, 6.07) is 3.06. The van der Waals surface area contributed by atoms with E-state index in [0.717, 1.165) is 12.7 Å². The molecule has 8 heteroatoms. The smallest absolute Gasteiger partial charge is 0.289 e. The summed E-state index contributed by atoms with van der Waals surface area (Å²) in [6.07, 6.45) is 4.45. The molecule has 0 amide bonds. The van der Waals surface area contributed by atoms with E-state index in [1.54, 1.807) is 17.1 Å². The van der Waals surface area contributed by atoms with E-state index in [-0.39, 0.29) is 17.1 Å². The Bertz CT molecular complexity index is 657. The summed E-state index contributed by atoms with van der Waals surface area (Å²) >= 11 is 0. The highest BCUT2D eigenvalue weighted by Gasteiger charge is 2.12. The molecule has 0 aromatic carbocycles. The van der Waals surface area contributed by atoms with Gasteiger partial charge in [-0.05, 0) is 6.92 Å². The van der Waals surface area contributed by atoms with Crippen molar-refractivity contribution in [2.24, 2.45) is 0 Å². The second-order valence-corrected chi connectivity index (χ2v) is 3.67. The number of nitrogens with one attached hydrogen (secondary N) is 1. The van der Waals surface area contributed by atoms with E-state index in [0.29, 0.717) is 5.69 Å². The van der Waals surface area contributed by atoms with Crippen LogP contribution in [-0.2, 0) is 6.54 Å². The van der Waals surface area contributed by atoms with Gasteiger partial charge in [0.15, 0.2) is 0 Å². The molecule has 0 aliphatic rings. The zero-order valence-corrected chi connectivity index (χ0v) is 10.1. The van der Waals surface area contributed by atoms with Gasteiger partial charge in [-0.25, -0.2) is 4.98 Å². The fourth-order valence-electron chi connectivity index (χ4n) is 1.48. The molecule has 1 N–H and O–H groups in total. The molecule has 0 aliphatic heterocycles. The highest BCUT2D eigenvalue weighted by Crippen LogP contribution is 2.21. The molecule has 0 unspecified atom stereocenters. The Hall–Kier alpha value is -2.95. The predicted molar refractivity (Wildman–Crippen MR) is 66.8 cm³/mol. The van der Waals surface area contributed by atoms with Crippen LogP contribution in [0.5, 0.6) is 0 Å². The quantitative estimate of drug-likeness (QED) is 0.661. The van der Waals surface area contributed by atoms with Gasteiger partial charge >= 0.3 is 0 Å². The van der Waals surface area contributed by atoms with Crippen LogP contribution in [0.15, 0.2) is 24.7 Å². The minimum absolute atomic E-state index is 0.110. The predicted octanol–water partition coefficient (Wildman–Crippen LogP) is 1.82. The summed E-state index contributed by atoms with van der Waals surface area (Å²) < 4.78 is 1.71. The van der Waals surface area contributed by atoms with Crippen molar-refractivity contribution in [3.05, 3.63) is 40.3 Å². The van der Waals surface area contributed by atoms with Crippen molar-refractivity contribution < 1.29 is 4.92 Å². The molecule has 96 valence electrons. The molecular formula is C11H10N6O2. The van der Waals surface area contributed by atoms with Gasteiger partial charge < -0.3 is 5.32 Å². The fourth-order valence-corrected chi connectivity index (χ4v) is 1.48. The van der Waals surface area contributed by atoms with Crippen molar-refractivity contribution in [3.8, 4) is 6.07 Å². The monoisotopic (exact) mass is 258 g/mol. The Kier molecular flexibility index (Phi) is 3.38. The molecule has 0 atom stereocenters. The van der Waals surface area contributed by atoms with Crippen LogP contribution in [0, 0.1) is 21.4 Å². The van der Waals surface area contributed by atoms with Crippen LogP contribution in [0.2, 0.25) is 0 Å². The summed E-state index contributed by atoms with van der Waals surface area (Å²) in [5.74, 6) is 0.267. The van der Waals surface area contributed by atoms with Gasteiger partial charge in [0.1, 0.15) is 23.6 Å². The number of anilines is 2. The summed E-state index contributed by atoms with van der Waals surface area (Å²) in [4.78, 5) is 13.9. The van der Waals surface area contributed by atoms with Gasteiger partial charge in [-0.2, -0.15) is 10.4 Å². The van der Waals surface area contributed by atoms with Crippen LogP contribution < -0.4 is 5.32 Å². The molecule has 0 saturated heterocycles. The van der Waals surface area contributed by atoms with Crippen LogP contribution in [-0.4, -0.2) is 19.7 Å². The van der Waals surface area contributed by atoms with Crippen molar-refractivity contribution in [3.63, 3.8) is 0 Å². The van der Waals surface area contributed by atoms with E-state index in [4.69, 9.17) is 5.26 Å². The van der Waals surface area contributed by atoms with E-state index in [1.165, 1.54) is 6.07 Å². The molecule has 0 fully saturated rings. The third-order valence-electron chi connectivity index (χ3n) is 2.42. The first-order valence-corrected chi connectivity index (χ1v) is 5.48. The number of aromatic nitrogens is 3. The van der Waals surface area contributed by atoms with Gasteiger partial charge in [0.25, 0.3) is 5.69 Å². The molecule has 0 spiro atoms. The summed E-state index contributed by atoms with van der Waals surface area (Å²) in [7, 11) is 0. The van der Waals surface area contributed by atoms with E-state index < -0.39 is 4.92 Å². The van der Waals surface area contributed by atoms with E-state index in [9.17, 15) is 10.1 Å². The first-order chi connectivity index (χ1) is 9.13. The lowest BCUT2D eigenvalue weighted by Crippen LogP contribution is -1.98. The molecule has 2 aromatic rings. The van der Waals surface area contributed by atoms with Crippen LogP contribution >= 0.6 is 0 Å². The molecule has 0 radical (unpaired) electrons. The third kappa shape index (κ3) is 2.66. The second kappa shape index (κ2) is 5.14. The number of hydrogen-bond acceptors (Lipinski definition) is 6. The van der Waals surface area contributed by atoms with Crippen molar-refractivity contribution in [1.82, 2.24) is 14.8 Å².